The van der Waals surface area contributed by atoms with E-state index in [1.54, 1.807) is 0 Å². The highest BCUT2D eigenvalue weighted by atomic mass is 16.5. The molecule has 0 aromatic carbocycles. The minimum absolute atomic E-state index is 0.344. The smallest absolute Gasteiger partial charge is 0.0671 e. The molecule has 0 bridgehead atoms. The highest BCUT2D eigenvalue weighted by Crippen LogP contribution is 2.28. The molecule has 0 amide bonds. The van der Waals surface area contributed by atoms with Crippen molar-refractivity contribution in [3.8, 4) is 0 Å². The Morgan fingerprint density at radius 1 is 1.27 bits per heavy atom. The van der Waals surface area contributed by atoms with Gasteiger partial charge in [-0.1, -0.05) is 20.3 Å². The van der Waals surface area contributed by atoms with Crippen LogP contribution in [0.5, 0.6) is 0 Å². The van der Waals surface area contributed by atoms with E-state index >= 15 is 0 Å². The SMILES string of the molecule is CCOC(C)CNC1C(C)CCCC1C. The zero-order valence-electron chi connectivity index (χ0n) is 10.8. The summed E-state index contributed by atoms with van der Waals surface area (Å²) in [5.41, 5.74) is 0. The number of hydrogen-bond acceptors (Lipinski definition) is 2. The van der Waals surface area contributed by atoms with Gasteiger partial charge in [0.1, 0.15) is 0 Å². The van der Waals surface area contributed by atoms with Gasteiger partial charge in [-0.15, -0.1) is 0 Å². The summed E-state index contributed by atoms with van der Waals surface area (Å²) in [6.45, 7) is 10.8. The molecule has 1 saturated carbocycles. The van der Waals surface area contributed by atoms with Crippen LogP contribution in [-0.2, 0) is 4.74 Å². The highest BCUT2D eigenvalue weighted by Gasteiger charge is 2.27. The molecule has 3 unspecified atom stereocenters. The maximum atomic E-state index is 5.54. The molecular weight excluding hydrogens is 186 g/mol. The van der Waals surface area contributed by atoms with Crippen molar-refractivity contribution < 1.29 is 4.74 Å². The van der Waals surface area contributed by atoms with Crippen LogP contribution < -0.4 is 5.32 Å². The minimum Gasteiger partial charge on any atom is -0.377 e. The van der Waals surface area contributed by atoms with E-state index in [-0.39, 0.29) is 0 Å². The second-order valence-electron chi connectivity index (χ2n) is 5.09. The van der Waals surface area contributed by atoms with Gasteiger partial charge in [0.15, 0.2) is 0 Å². The van der Waals surface area contributed by atoms with Gasteiger partial charge in [-0.3, -0.25) is 0 Å². The number of rotatable bonds is 5. The van der Waals surface area contributed by atoms with Crippen LogP contribution in [-0.4, -0.2) is 25.3 Å². The summed E-state index contributed by atoms with van der Waals surface area (Å²) in [6.07, 6.45) is 4.51. The lowest BCUT2D eigenvalue weighted by molar-refractivity contribution is 0.0670. The van der Waals surface area contributed by atoms with Crippen molar-refractivity contribution in [1.82, 2.24) is 5.32 Å². The van der Waals surface area contributed by atoms with Gasteiger partial charge in [0.25, 0.3) is 0 Å². The van der Waals surface area contributed by atoms with Gasteiger partial charge in [-0.05, 0) is 38.5 Å². The summed E-state index contributed by atoms with van der Waals surface area (Å²) < 4.78 is 5.54. The first-order valence-corrected chi connectivity index (χ1v) is 6.50. The molecule has 1 rings (SSSR count). The molecule has 0 spiro atoms. The Hall–Kier alpha value is -0.0800. The second-order valence-corrected chi connectivity index (χ2v) is 5.09. The van der Waals surface area contributed by atoms with Crippen molar-refractivity contribution in [2.24, 2.45) is 11.8 Å². The third-order valence-electron chi connectivity index (χ3n) is 3.64. The van der Waals surface area contributed by atoms with Crippen LogP contribution in [0.2, 0.25) is 0 Å². The first kappa shape index (κ1) is 13.0. The Morgan fingerprint density at radius 2 is 1.87 bits per heavy atom. The number of nitrogens with one attached hydrogen (secondary N) is 1. The van der Waals surface area contributed by atoms with Crippen molar-refractivity contribution in [3.05, 3.63) is 0 Å². The predicted molar refractivity (Wildman–Crippen MR) is 65.1 cm³/mol. The Kier molecular flexibility index (Phi) is 5.62. The average molecular weight is 213 g/mol. The van der Waals surface area contributed by atoms with Crippen LogP contribution in [0.4, 0.5) is 0 Å². The van der Waals surface area contributed by atoms with Gasteiger partial charge >= 0.3 is 0 Å². The second kappa shape index (κ2) is 6.49. The van der Waals surface area contributed by atoms with Gasteiger partial charge in [0.2, 0.25) is 0 Å². The largest absolute Gasteiger partial charge is 0.377 e. The van der Waals surface area contributed by atoms with Gasteiger partial charge in [0, 0.05) is 19.2 Å². The summed E-state index contributed by atoms with van der Waals surface area (Å²) in [6, 6.07) is 0.696. The summed E-state index contributed by atoms with van der Waals surface area (Å²) in [7, 11) is 0. The Labute approximate surface area is 94.8 Å². The Morgan fingerprint density at radius 3 is 2.40 bits per heavy atom. The molecule has 0 heterocycles. The van der Waals surface area contributed by atoms with Crippen molar-refractivity contribution in [1.29, 1.82) is 0 Å². The van der Waals surface area contributed by atoms with Crippen LogP contribution in [0.25, 0.3) is 0 Å². The third kappa shape index (κ3) is 4.12. The quantitative estimate of drug-likeness (QED) is 0.758. The molecule has 1 N–H and O–H groups in total. The lowest BCUT2D eigenvalue weighted by Gasteiger charge is -2.36. The molecule has 1 fully saturated rings. The molecule has 0 radical (unpaired) electrons. The lowest BCUT2D eigenvalue weighted by Crippen LogP contribution is -2.45. The molecule has 0 aliphatic heterocycles. The fraction of sp³-hybridized carbons (Fsp3) is 1.00. The molecule has 0 aromatic heterocycles. The van der Waals surface area contributed by atoms with E-state index in [4.69, 9.17) is 4.74 Å². The highest BCUT2D eigenvalue weighted by molar-refractivity contribution is 4.83. The first-order chi connectivity index (χ1) is 7.15. The van der Waals surface area contributed by atoms with Crippen LogP contribution in [0, 0.1) is 11.8 Å². The lowest BCUT2D eigenvalue weighted by atomic mass is 9.79. The summed E-state index contributed by atoms with van der Waals surface area (Å²) in [5, 5.41) is 3.68. The average Bonchev–Trinajstić information content (AvgIpc) is 2.17. The van der Waals surface area contributed by atoms with Crippen LogP contribution >= 0.6 is 0 Å². The topological polar surface area (TPSA) is 21.3 Å². The van der Waals surface area contributed by atoms with E-state index in [2.05, 4.69) is 33.0 Å². The Balaban J connectivity index is 2.28. The van der Waals surface area contributed by atoms with Crippen molar-refractivity contribution in [2.75, 3.05) is 13.2 Å². The molecule has 1 aliphatic rings. The van der Waals surface area contributed by atoms with Crippen LogP contribution in [0.1, 0.15) is 47.0 Å². The summed E-state index contributed by atoms with van der Waals surface area (Å²) in [4.78, 5) is 0. The molecule has 90 valence electrons. The summed E-state index contributed by atoms with van der Waals surface area (Å²) >= 11 is 0. The van der Waals surface area contributed by atoms with Gasteiger partial charge < -0.3 is 10.1 Å². The van der Waals surface area contributed by atoms with Crippen molar-refractivity contribution in [2.45, 2.75) is 59.1 Å². The molecule has 0 saturated heterocycles. The molecule has 0 aromatic rings. The number of hydrogen-bond donors (Lipinski definition) is 1. The molecule has 2 nitrogen and oxygen atoms in total. The van der Waals surface area contributed by atoms with E-state index in [1.165, 1.54) is 19.3 Å². The van der Waals surface area contributed by atoms with Crippen molar-refractivity contribution >= 4 is 0 Å². The monoisotopic (exact) mass is 213 g/mol. The number of ether oxygens (including phenoxy) is 1. The van der Waals surface area contributed by atoms with E-state index in [0.29, 0.717) is 12.1 Å². The summed E-state index contributed by atoms with van der Waals surface area (Å²) in [5.74, 6) is 1.64. The fourth-order valence-corrected chi connectivity index (χ4v) is 2.73. The molecule has 3 atom stereocenters. The predicted octanol–water partition coefficient (Wildman–Crippen LogP) is 2.83. The Bertz CT molecular complexity index is 162. The molecule has 2 heteroatoms. The van der Waals surface area contributed by atoms with Crippen LogP contribution in [0.15, 0.2) is 0 Å². The van der Waals surface area contributed by atoms with E-state index < -0.39 is 0 Å². The third-order valence-corrected chi connectivity index (χ3v) is 3.64. The molecule has 1 aliphatic carbocycles. The zero-order valence-corrected chi connectivity index (χ0v) is 10.8. The standard InChI is InChI=1S/C13H27NO/c1-5-15-12(4)9-14-13-10(2)7-6-8-11(13)3/h10-14H,5-9H2,1-4H3. The molecular formula is C13H27NO. The van der Waals surface area contributed by atoms with Crippen molar-refractivity contribution in [3.63, 3.8) is 0 Å². The van der Waals surface area contributed by atoms with Gasteiger partial charge in [-0.2, -0.15) is 0 Å². The zero-order chi connectivity index (χ0) is 11.3. The first-order valence-electron chi connectivity index (χ1n) is 6.50. The normalized spacial score (nSPS) is 34.0. The van der Waals surface area contributed by atoms with Gasteiger partial charge in [0.05, 0.1) is 6.10 Å². The molecule has 15 heavy (non-hydrogen) atoms. The van der Waals surface area contributed by atoms with Crippen LogP contribution in [0.3, 0.4) is 0 Å². The fourth-order valence-electron chi connectivity index (χ4n) is 2.73. The van der Waals surface area contributed by atoms with E-state index in [9.17, 15) is 0 Å². The van der Waals surface area contributed by atoms with Gasteiger partial charge in [-0.25, -0.2) is 0 Å². The van der Waals surface area contributed by atoms with E-state index in [0.717, 1.165) is 25.0 Å². The van der Waals surface area contributed by atoms with E-state index in [1.807, 2.05) is 0 Å². The maximum Gasteiger partial charge on any atom is 0.0671 e. The minimum atomic E-state index is 0.344. The maximum absolute atomic E-state index is 5.54.